The maximum atomic E-state index is 11.0. The van der Waals surface area contributed by atoms with Gasteiger partial charge in [-0.2, -0.15) is 4.98 Å². The molecule has 1 aromatic heterocycles. The summed E-state index contributed by atoms with van der Waals surface area (Å²) in [4.78, 5) is 14.6. The molecule has 0 atom stereocenters. The number of rotatable bonds is 6. The van der Waals surface area contributed by atoms with Crippen LogP contribution in [0.5, 0.6) is 5.88 Å². The van der Waals surface area contributed by atoms with E-state index >= 15 is 0 Å². The molecule has 21 heavy (non-hydrogen) atoms. The third-order valence-electron chi connectivity index (χ3n) is 2.66. The molecular formula is C14H14BrN3O3. The minimum atomic E-state index is -0.501. The first kappa shape index (κ1) is 15.2. The van der Waals surface area contributed by atoms with Crippen LogP contribution in [0.15, 0.2) is 40.9 Å². The van der Waals surface area contributed by atoms with E-state index in [1.54, 1.807) is 6.07 Å². The monoisotopic (exact) mass is 351 g/mol. The van der Waals surface area contributed by atoms with Crippen molar-refractivity contribution in [2.24, 2.45) is 0 Å². The fourth-order valence-electron chi connectivity index (χ4n) is 1.74. The lowest BCUT2D eigenvalue weighted by Gasteiger charge is -2.08. The Kier molecular flexibility index (Phi) is 5.10. The molecule has 0 aliphatic rings. The van der Waals surface area contributed by atoms with Gasteiger partial charge >= 0.3 is 5.69 Å². The van der Waals surface area contributed by atoms with Crippen LogP contribution in [0.4, 0.5) is 11.5 Å². The molecule has 0 bridgehead atoms. The zero-order chi connectivity index (χ0) is 15.2. The van der Waals surface area contributed by atoms with Gasteiger partial charge < -0.3 is 10.1 Å². The number of nitrogens with zero attached hydrogens (tertiary/aromatic N) is 2. The Morgan fingerprint density at radius 1 is 1.38 bits per heavy atom. The molecule has 1 aromatic carbocycles. The number of nitro groups is 1. The number of nitrogens with one attached hydrogen (secondary N) is 1. The number of anilines is 1. The Morgan fingerprint density at radius 2 is 2.19 bits per heavy atom. The molecule has 0 aliphatic heterocycles. The number of hydrogen-bond acceptors (Lipinski definition) is 5. The summed E-state index contributed by atoms with van der Waals surface area (Å²) in [5.41, 5.74) is 0.751. The molecule has 2 rings (SSSR count). The maximum Gasteiger partial charge on any atom is 0.331 e. The van der Waals surface area contributed by atoms with Gasteiger partial charge in [0.25, 0.3) is 5.88 Å². The van der Waals surface area contributed by atoms with E-state index < -0.39 is 4.92 Å². The summed E-state index contributed by atoms with van der Waals surface area (Å²) in [6.45, 7) is 2.81. The van der Waals surface area contributed by atoms with E-state index in [4.69, 9.17) is 4.74 Å². The fourth-order valence-corrected chi connectivity index (χ4v) is 2.18. The smallest absolute Gasteiger partial charge is 0.331 e. The lowest BCUT2D eigenvalue weighted by atomic mass is 10.2. The zero-order valence-corrected chi connectivity index (χ0v) is 13.0. The molecule has 0 aliphatic carbocycles. The average Bonchev–Trinajstić information content (AvgIpc) is 2.45. The van der Waals surface area contributed by atoms with Crippen molar-refractivity contribution in [1.29, 1.82) is 0 Å². The fraction of sp³-hybridized carbons (Fsp3) is 0.214. The average molecular weight is 352 g/mol. The number of aromatic nitrogens is 1. The molecule has 110 valence electrons. The van der Waals surface area contributed by atoms with Gasteiger partial charge in [0.2, 0.25) is 0 Å². The van der Waals surface area contributed by atoms with E-state index in [9.17, 15) is 10.1 Å². The first-order valence-electron chi connectivity index (χ1n) is 6.36. The second-order valence-corrected chi connectivity index (χ2v) is 5.14. The van der Waals surface area contributed by atoms with Crippen LogP contribution in [-0.4, -0.2) is 16.5 Å². The quantitative estimate of drug-likeness (QED) is 0.633. The summed E-state index contributed by atoms with van der Waals surface area (Å²) in [5, 5.41) is 14.0. The summed E-state index contributed by atoms with van der Waals surface area (Å²) < 4.78 is 6.44. The van der Waals surface area contributed by atoms with Crippen LogP contribution in [0.1, 0.15) is 12.5 Å². The van der Waals surface area contributed by atoms with Crippen molar-refractivity contribution in [3.8, 4) is 5.88 Å². The van der Waals surface area contributed by atoms with Gasteiger partial charge in [-0.1, -0.05) is 28.1 Å². The van der Waals surface area contributed by atoms with Crippen LogP contribution < -0.4 is 10.1 Å². The summed E-state index contributed by atoms with van der Waals surface area (Å²) in [5.74, 6) is 0.561. The van der Waals surface area contributed by atoms with Crippen LogP contribution in [0.3, 0.4) is 0 Å². The van der Waals surface area contributed by atoms with Crippen molar-refractivity contribution in [3.63, 3.8) is 0 Å². The van der Waals surface area contributed by atoms with E-state index in [0.717, 1.165) is 10.0 Å². The Morgan fingerprint density at radius 3 is 2.86 bits per heavy atom. The van der Waals surface area contributed by atoms with Crippen LogP contribution in [0.25, 0.3) is 0 Å². The van der Waals surface area contributed by atoms with E-state index in [-0.39, 0.29) is 18.2 Å². The van der Waals surface area contributed by atoms with Gasteiger partial charge in [-0.05, 0) is 30.7 Å². The van der Waals surface area contributed by atoms with Crippen LogP contribution in [0.2, 0.25) is 0 Å². The first-order chi connectivity index (χ1) is 10.1. The van der Waals surface area contributed by atoms with Crippen molar-refractivity contribution in [1.82, 2.24) is 4.98 Å². The number of benzene rings is 1. The highest BCUT2D eigenvalue weighted by molar-refractivity contribution is 9.10. The standard InChI is InChI=1S/C14H14BrN3O3/c1-2-16-13-7-6-12(18(19)20)14(17-13)21-9-10-4-3-5-11(15)8-10/h3-8H,2,9H2,1H3,(H,16,17). The highest BCUT2D eigenvalue weighted by atomic mass is 79.9. The van der Waals surface area contributed by atoms with Crippen molar-refractivity contribution in [2.45, 2.75) is 13.5 Å². The van der Waals surface area contributed by atoms with E-state index in [0.29, 0.717) is 12.4 Å². The zero-order valence-electron chi connectivity index (χ0n) is 11.4. The van der Waals surface area contributed by atoms with Crippen molar-refractivity contribution >= 4 is 27.4 Å². The van der Waals surface area contributed by atoms with Gasteiger partial charge in [0.1, 0.15) is 12.4 Å². The number of ether oxygens (including phenoxy) is 1. The Bertz CT molecular complexity index is 649. The van der Waals surface area contributed by atoms with Gasteiger partial charge in [-0.25, -0.2) is 0 Å². The molecule has 0 saturated heterocycles. The van der Waals surface area contributed by atoms with Gasteiger partial charge in [-0.15, -0.1) is 0 Å². The van der Waals surface area contributed by atoms with E-state index in [1.807, 2.05) is 31.2 Å². The summed E-state index contributed by atoms with van der Waals surface area (Å²) >= 11 is 3.37. The molecule has 0 spiro atoms. The van der Waals surface area contributed by atoms with Crippen LogP contribution in [-0.2, 0) is 6.61 Å². The molecule has 0 fully saturated rings. The van der Waals surface area contributed by atoms with Crippen LogP contribution >= 0.6 is 15.9 Å². The summed E-state index contributed by atoms with van der Waals surface area (Å²) in [6, 6.07) is 10.5. The predicted octanol–water partition coefficient (Wildman–Crippen LogP) is 3.76. The molecule has 1 heterocycles. The van der Waals surface area contributed by atoms with Gasteiger partial charge in [0, 0.05) is 17.1 Å². The van der Waals surface area contributed by atoms with Crippen molar-refractivity contribution in [3.05, 3.63) is 56.5 Å². The minimum Gasteiger partial charge on any atom is -0.468 e. The third kappa shape index (κ3) is 4.16. The van der Waals surface area contributed by atoms with E-state index in [1.165, 1.54) is 6.07 Å². The largest absolute Gasteiger partial charge is 0.468 e. The Labute approximate surface area is 130 Å². The number of halogens is 1. The molecule has 0 saturated carbocycles. The first-order valence-corrected chi connectivity index (χ1v) is 7.16. The molecule has 2 aromatic rings. The molecule has 0 unspecified atom stereocenters. The summed E-state index contributed by atoms with van der Waals surface area (Å²) in [7, 11) is 0. The molecule has 0 amide bonds. The second-order valence-electron chi connectivity index (χ2n) is 4.23. The molecular weight excluding hydrogens is 338 g/mol. The van der Waals surface area contributed by atoms with Crippen molar-refractivity contribution < 1.29 is 9.66 Å². The lowest BCUT2D eigenvalue weighted by molar-refractivity contribution is -0.386. The minimum absolute atomic E-state index is 0.0124. The van der Waals surface area contributed by atoms with Crippen molar-refractivity contribution in [2.75, 3.05) is 11.9 Å². The normalized spacial score (nSPS) is 10.2. The SMILES string of the molecule is CCNc1ccc([N+](=O)[O-])c(OCc2cccc(Br)c2)n1. The number of pyridine rings is 1. The highest BCUT2D eigenvalue weighted by Gasteiger charge is 2.17. The lowest BCUT2D eigenvalue weighted by Crippen LogP contribution is -2.05. The Balaban J connectivity index is 2.20. The van der Waals surface area contributed by atoms with Gasteiger partial charge in [0.15, 0.2) is 0 Å². The van der Waals surface area contributed by atoms with Gasteiger partial charge in [0.05, 0.1) is 4.92 Å². The van der Waals surface area contributed by atoms with E-state index in [2.05, 4.69) is 26.2 Å². The molecule has 6 nitrogen and oxygen atoms in total. The Hall–Kier alpha value is -2.15. The topological polar surface area (TPSA) is 77.3 Å². The molecule has 7 heteroatoms. The number of hydrogen-bond donors (Lipinski definition) is 1. The molecule has 0 radical (unpaired) electrons. The summed E-state index contributed by atoms with van der Waals surface area (Å²) in [6.07, 6.45) is 0. The van der Waals surface area contributed by atoms with Crippen LogP contribution in [0, 0.1) is 10.1 Å². The van der Waals surface area contributed by atoms with Gasteiger partial charge in [-0.3, -0.25) is 10.1 Å². The predicted molar refractivity (Wildman–Crippen MR) is 83.5 cm³/mol. The highest BCUT2D eigenvalue weighted by Crippen LogP contribution is 2.27. The molecule has 1 N–H and O–H groups in total. The third-order valence-corrected chi connectivity index (χ3v) is 3.15. The maximum absolute atomic E-state index is 11.0. The second kappa shape index (κ2) is 7.03.